The van der Waals surface area contributed by atoms with Gasteiger partial charge in [0.15, 0.2) is 6.61 Å². The highest BCUT2D eigenvalue weighted by molar-refractivity contribution is 5.95. The summed E-state index contributed by atoms with van der Waals surface area (Å²) in [5.74, 6) is -0.442. The van der Waals surface area contributed by atoms with Gasteiger partial charge >= 0.3 is 5.97 Å². The average molecular weight is 299 g/mol. The van der Waals surface area contributed by atoms with Gasteiger partial charge in [-0.05, 0) is 43.2 Å². The molecule has 0 bridgehead atoms. The van der Waals surface area contributed by atoms with Crippen LogP contribution in [-0.2, 0) is 14.3 Å². The average Bonchev–Trinajstić information content (AvgIpc) is 3.00. The number of anilines is 1. The molecule has 1 amide bonds. The third-order valence-electron chi connectivity index (χ3n) is 3.02. The number of hydrogen-bond acceptors (Lipinski definition) is 4. The van der Waals surface area contributed by atoms with Gasteiger partial charge in [-0.1, -0.05) is 18.2 Å². The first-order valence-electron chi connectivity index (χ1n) is 6.80. The van der Waals surface area contributed by atoms with Crippen LogP contribution in [0.25, 0.3) is 6.08 Å². The van der Waals surface area contributed by atoms with E-state index in [1.807, 2.05) is 32.0 Å². The predicted octanol–water partition coefficient (Wildman–Crippen LogP) is 3.09. The molecule has 5 nitrogen and oxygen atoms in total. The van der Waals surface area contributed by atoms with Gasteiger partial charge in [0.05, 0.1) is 6.26 Å². The van der Waals surface area contributed by atoms with Crippen LogP contribution in [0.5, 0.6) is 0 Å². The lowest BCUT2D eigenvalue weighted by atomic mass is 10.1. The van der Waals surface area contributed by atoms with Gasteiger partial charge in [0.1, 0.15) is 5.76 Å². The van der Waals surface area contributed by atoms with E-state index in [0.717, 1.165) is 16.8 Å². The fraction of sp³-hybridized carbons (Fsp3) is 0.176. The van der Waals surface area contributed by atoms with Gasteiger partial charge in [0.2, 0.25) is 0 Å². The Morgan fingerprint density at radius 1 is 1.18 bits per heavy atom. The Balaban J connectivity index is 1.84. The van der Waals surface area contributed by atoms with Crippen LogP contribution in [0.2, 0.25) is 0 Å². The lowest BCUT2D eigenvalue weighted by molar-refractivity contribution is -0.142. The predicted molar refractivity (Wildman–Crippen MR) is 83.2 cm³/mol. The molecule has 0 saturated heterocycles. The van der Waals surface area contributed by atoms with Crippen LogP contribution in [0.3, 0.4) is 0 Å². The molecule has 5 heteroatoms. The highest BCUT2D eigenvalue weighted by Crippen LogP contribution is 2.19. The van der Waals surface area contributed by atoms with Gasteiger partial charge in [-0.25, -0.2) is 4.79 Å². The van der Waals surface area contributed by atoms with Gasteiger partial charge < -0.3 is 14.5 Å². The normalized spacial score (nSPS) is 10.6. The number of rotatable bonds is 5. The standard InChI is InChI=1S/C17H17NO4/c1-12-5-3-6-13(2)17(12)18-15(19)11-22-16(20)9-8-14-7-4-10-21-14/h3-10H,11H2,1-2H3,(H,18,19)/b9-8+. The lowest BCUT2D eigenvalue weighted by Crippen LogP contribution is -2.21. The third kappa shape index (κ3) is 4.34. The Kier molecular flexibility index (Phi) is 5.14. The van der Waals surface area contributed by atoms with Gasteiger partial charge in [-0.15, -0.1) is 0 Å². The number of amides is 1. The van der Waals surface area contributed by atoms with Crippen LogP contribution in [-0.4, -0.2) is 18.5 Å². The number of aryl methyl sites for hydroxylation is 2. The molecule has 1 heterocycles. The Labute approximate surface area is 128 Å². The maximum Gasteiger partial charge on any atom is 0.331 e. The minimum absolute atomic E-state index is 0.338. The minimum Gasteiger partial charge on any atom is -0.465 e. The van der Waals surface area contributed by atoms with E-state index in [1.165, 1.54) is 18.4 Å². The molecule has 0 unspecified atom stereocenters. The molecular formula is C17H17NO4. The monoisotopic (exact) mass is 299 g/mol. The van der Waals surface area contributed by atoms with Gasteiger partial charge in [-0.2, -0.15) is 0 Å². The van der Waals surface area contributed by atoms with E-state index in [2.05, 4.69) is 5.32 Å². The van der Waals surface area contributed by atoms with E-state index in [-0.39, 0.29) is 12.5 Å². The number of furan rings is 1. The molecular weight excluding hydrogens is 282 g/mol. The van der Waals surface area contributed by atoms with E-state index >= 15 is 0 Å². The van der Waals surface area contributed by atoms with Crippen molar-refractivity contribution in [3.05, 3.63) is 59.6 Å². The number of hydrogen-bond donors (Lipinski definition) is 1. The van der Waals surface area contributed by atoms with Crippen molar-refractivity contribution in [1.29, 1.82) is 0 Å². The van der Waals surface area contributed by atoms with Crippen molar-refractivity contribution >= 4 is 23.6 Å². The molecule has 0 saturated carbocycles. The highest BCUT2D eigenvalue weighted by Gasteiger charge is 2.09. The van der Waals surface area contributed by atoms with Crippen molar-refractivity contribution in [3.8, 4) is 0 Å². The maximum absolute atomic E-state index is 11.8. The summed E-state index contributed by atoms with van der Waals surface area (Å²) in [5, 5.41) is 2.74. The molecule has 0 aliphatic heterocycles. The first-order valence-corrected chi connectivity index (χ1v) is 6.80. The minimum atomic E-state index is -0.604. The summed E-state index contributed by atoms with van der Waals surface area (Å²) in [6.07, 6.45) is 4.19. The molecule has 1 N–H and O–H groups in total. The molecule has 2 aromatic rings. The summed E-state index contributed by atoms with van der Waals surface area (Å²) >= 11 is 0. The fourth-order valence-corrected chi connectivity index (χ4v) is 1.91. The number of nitrogens with one attached hydrogen (secondary N) is 1. The van der Waals surface area contributed by atoms with E-state index in [0.29, 0.717) is 5.76 Å². The summed E-state index contributed by atoms with van der Waals surface area (Å²) in [6, 6.07) is 9.14. The zero-order valence-corrected chi connectivity index (χ0v) is 12.5. The molecule has 0 fully saturated rings. The number of carbonyl (C=O) groups excluding carboxylic acids is 2. The lowest BCUT2D eigenvalue weighted by Gasteiger charge is -2.11. The van der Waals surface area contributed by atoms with Crippen LogP contribution >= 0.6 is 0 Å². The van der Waals surface area contributed by atoms with Gasteiger partial charge in [0.25, 0.3) is 5.91 Å². The van der Waals surface area contributed by atoms with E-state index < -0.39 is 5.97 Å². The highest BCUT2D eigenvalue weighted by atomic mass is 16.5. The van der Waals surface area contributed by atoms with Crippen molar-refractivity contribution in [2.24, 2.45) is 0 Å². The van der Waals surface area contributed by atoms with Crippen LogP contribution < -0.4 is 5.32 Å². The fourth-order valence-electron chi connectivity index (χ4n) is 1.91. The van der Waals surface area contributed by atoms with Crippen LogP contribution in [0.1, 0.15) is 16.9 Å². The topological polar surface area (TPSA) is 68.5 Å². The van der Waals surface area contributed by atoms with Crippen molar-refractivity contribution in [3.63, 3.8) is 0 Å². The molecule has 1 aromatic carbocycles. The number of benzene rings is 1. The molecule has 0 radical (unpaired) electrons. The number of esters is 1. The Hall–Kier alpha value is -2.82. The second-order valence-corrected chi connectivity index (χ2v) is 4.77. The molecule has 0 aliphatic carbocycles. The molecule has 1 aromatic heterocycles. The Morgan fingerprint density at radius 3 is 2.55 bits per heavy atom. The van der Waals surface area contributed by atoms with Crippen molar-refractivity contribution in [1.82, 2.24) is 0 Å². The van der Waals surface area contributed by atoms with Gasteiger partial charge in [-0.3, -0.25) is 4.79 Å². The zero-order valence-electron chi connectivity index (χ0n) is 12.5. The molecule has 22 heavy (non-hydrogen) atoms. The molecule has 0 aliphatic rings. The summed E-state index contributed by atoms with van der Waals surface area (Å²) in [4.78, 5) is 23.3. The SMILES string of the molecule is Cc1cccc(C)c1NC(=O)COC(=O)/C=C/c1ccco1. The molecule has 114 valence electrons. The van der Waals surface area contributed by atoms with Crippen molar-refractivity contribution < 1.29 is 18.7 Å². The number of ether oxygens (including phenoxy) is 1. The van der Waals surface area contributed by atoms with Crippen molar-refractivity contribution in [2.45, 2.75) is 13.8 Å². The summed E-state index contributed by atoms with van der Waals surface area (Å²) < 4.78 is 9.92. The van der Waals surface area contributed by atoms with E-state index in [4.69, 9.17) is 9.15 Å². The summed E-state index contributed by atoms with van der Waals surface area (Å²) in [7, 11) is 0. The largest absolute Gasteiger partial charge is 0.465 e. The summed E-state index contributed by atoms with van der Waals surface area (Å²) in [6.45, 7) is 3.47. The Bertz CT molecular complexity index is 666. The van der Waals surface area contributed by atoms with E-state index in [1.54, 1.807) is 12.1 Å². The van der Waals surface area contributed by atoms with Gasteiger partial charge in [0, 0.05) is 11.8 Å². The summed E-state index contributed by atoms with van der Waals surface area (Å²) in [5.41, 5.74) is 2.66. The molecule has 0 atom stereocenters. The van der Waals surface area contributed by atoms with Crippen LogP contribution in [0, 0.1) is 13.8 Å². The smallest absolute Gasteiger partial charge is 0.331 e. The zero-order chi connectivity index (χ0) is 15.9. The number of carbonyl (C=O) groups is 2. The van der Waals surface area contributed by atoms with Crippen LogP contribution in [0.15, 0.2) is 47.1 Å². The molecule has 0 spiro atoms. The first kappa shape index (κ1) is 15.6. The quantitative estimate of drug-likeness (QED) is 0.680. The van der Waals surface area contributed by atoms with E-state index in [9.17, 15) is 9.59 Å². The maximum atomic E-state index is 11.8. The van der Waals surface area contributed by atoms with Crippen molar-refractivity contribution in [2.75, 3.05) is 11.9 Å². The second kappa shape index (κ2) is 7.26. The third-order valence-corrected chi connectivity index (χ3v) is 3.02. The molecule has 2 rings (SSSR count). The Morgan fingerprint density at radius 2 is 1.91 bits per heavy atom. The second-order valence-electron chi connectivity index (χ2n) is 4.77. The van der Waals surface area contributed by atoms with Crippen LogP contribution in [0.4, 0.5) is 5.69 Å². The number of para-hydroxylation sites is 1. The first-order chi connectivity index (χ1) is 10.6.